The summed E-state index contributed by atoms with van der Waals surface area (Å²) >= 11 is 1.22. The number of hydrogen-bond donors (Lipinski definition) is 1. The zero-order valence-electron chi connectivity index (χ0n) is 13.1. The third kappa shape index (κ3) is 4.04. The van der Waals surface area contributed by atoms with Crippen LogP contribution >= 0.6 is 11.3 Å². The maximum absolute atomic E-state index is 12.4. The third-order valence-corrected chi connectivity index (χ3v) is 7.10. The predicted molar refractivity (Wildman–Crippen MR) is 90.1 cm³/mol. The number of rotatable bonds is 6. The lowest BCUT2D eigenvalue weighted by Crippen LogP contribution is -2.50. The molecule has 0 atom stereocenters. The first kappa shape index (κ1) is 17.2. The minimum atomic E-state index is -3.40. The minimum absolute atomic E-state index is 0.0963. The number of carbonyl (C=O) groups excluding carboxylic acids is 1. The number of nitrogens with one attached hydrogen (secondary N) is 1. The Labute approximate surface area is 144 Å². The highest BCUT2D eigenvalue weighted by Gasteiger charge is 2.29. The van der Waals surface area contributed by atoms with Crippen molar-refractivity contribution in [2.45, 2.75) is 10.8 Å². The van der Waals surface area contributed by atoms with Crippen LogP contribution in [-0.4, -0.2) is 56.3 Å². The van der Waals surface area contributed by atoms with Crippen LogP contribution in [0.1, 0.15) is 5.76 Å². The van der Waals surface area contributed by atoms with E-state index in [1.165, 1.54) is 15.6 Å². The van der Waals surface area contributed by atoms with Gasteiger partial charge in [-0.05, 0) is 23.6 Å². The standard InChI is InChI=1S/C15H19N3O4S2/c19-14(16-11-13-3-1-9-22-13)12-17-5-7-18(8-6-17)24(20,21)15-4-2-10-23-15/h1-4,9-10H,5-8,11-12H2,(H,16,19). The van der Waals surface area contributed by atoms with E-state index in [9.17, 15) is 13.2 Å². The number of carbonyl (C=O) groups is 1. The quantitative estimate of drug-likeness (QED) is 0.820. The molecule has 7 nitrogen and oxygen atoms in total. The summed E-state index contributed by atoms with van der Waals surface area (Å²) in [5.74, 6) is 0.608. The first-order valence-corrected chi connectivity index (χ1v) is 9.93. The molecule has 0 bridgehead atoms. The van der Waals surface area contributed by atoms with Crippen molar-refractivity contribution in [3.05, 3.63) is 41.7 Å². The summed E-state index contributed by atoms with van der Waals surface area (Å²) in [4.78, 5) is 13.9. The van der Waals surface area contributed by atoms with Crippen LogP contribution in [0, 0.1) is 0 Å². The number of amides is 1. The molecule has 9 heteroatoms. The summed E-state index contributed by atoms with van der Waals surface area (Å²) in [6.07, 6.45) is 1.56. The number of sulfonamides is 1. The minimum Gasteiger partial charge on any atom is -0.467 e. The lowest BCUT2D eigenvalue weighted by atomic mass is 10.3. The van der Waals surface area contributed by atoms with Gasteiger partial charge in [0.25, 0.3) is 10.0 Å². The van der Waals surface area contributed by atoms with E-state index in [1.807, 2.05) is 4.90 Å². The van der Waals surface area contributed by atoms with Crippen LogP contribution in [0.3, 0.4) is 0 Å². The van der Waals surface area contributed by atoms with Crippen LogP contribution in [0.2, 0.25) is 0 Å². The van der Waals surface area contributed by atoms with E-state index in [2.05, 4.69) is 5.32 Å². The van der Waals surface area contributed by atoms with E-state index in [4.69, 9.17) is 4.42 Å². The second-order valence-electron chi connectivity index (χ2n) is 5.47. The largest absolute Gasteiger partial charge is 0.467 e. The van der Waals surface area contributed by atoms with Gasteiger partial charge >= 0.3 is 0 Å². The summed E-state index contributed by atoms with van der Waals surface area (Å²) in [7, 11) is -3.40. The summed E-state index contributed by atoms with van der Waals surface area (Å²) < 4.78 is 31.9. The average molecular weight is 369 g/mol. The Bertz CT molecular complexity index is 749. The highest BCUT2D eigenvalue weighted by molar-refractivity contribution is 7.91. The Balaban J connectivity index is 1.46. The van der Waals surface area contributed by atoms with Gasteiger partial charge in [0.1, 0.15) is 9.97 Å². The summed E-state index contributed by atoms with van der Waals surface area (Å²) in [6.45, 7) is 2.49. The van der Waals surface area contributed by atoms with Crippen LogP contribution in [0.5, 0.6) is 0 Å². The van der Waals surface area contributed by atoms with Crippen LogP contribution < -0.4 is 5.32 Å². The fourth-order valence-corrected chi connectivity index (χ4v) is 5.09. The van der Waals surface area contributed by atoms with Gasteiger partial charge in [-0.15, -0.1) is 11.3 Å². The molecular weight excluding hydrogens is 350 g/mol. The Hall–Kier alpha value is -1.68. The maximum atomic E-state index is 12.4. The van der Waals surface area contributed by atoms with E-state index in [-0.39, 0.29) is 12.5 Å². The fraction of sp³-hybridized carbons (Fsp3) is 0.400. The number of piperazine rings is 1. The molecule has 2 aromatic rings. The smallest absolute Gasteiger partial charge is 0.252 e. The lowest BCUT2D eigenvalue weighted by molar-refractivity contribution is -0.122. The summed E-state index contributed by atoms with van der Waals surface area (Å²) in [5, 5.41) is 4.55. The van der Waals surface area contributed by atoms with Gasteiger partial charge in [-0.2, -0.15) is 4.31 Å². The lowest BCUT2D eigenvalue weighted by Gasteiger charge is -2.33. The molecule has 130 valence electrons. The van der Waals surface area contributed by atoms with Gasteiger partial charge in [0, 0.05) is 26.2 Å². The number of nitrogens with zero attached hydrogens (tertiary/aromatic N) is 2. The van der Waals surface area contributed by atoms with Crippen LogP contribution in [0.15, 0.2) is 44.5 Å². The summed E-state index contributed by atoms with van der Waals surface area (Å²) in [5.41, 5.74) is 0. The third-order valence-electron chi connectivity index (χ3n) is 3.83. The van der Waals surface area contributed by atoms with Crippen molar-refractivity contribution in [2.75, 3.05) is 32.7 Å². The van der Waals surface area contributed by atoms with Crippen molar-refractivity contribution in [3.8, 4) is 0 Å². The van der Waals surface area contributed by atoms with Gasteiger partial charge in [0.15, 0.2) is 0 Å². The molecule has 1 aliphatic rings. The number of furan rings is 1. The molecule has 3 heterocycles. The topological polar surface area (TPSA) is 82.9 Å². The molecule has 1 aliphatic heterocycles. The van der Waals surface area contributed by atoms with E-state index in [0.29, 0.717) is 42.7 Å². The van der Waals surface area contributed by atoms with Gasteiger partial charge in [0.05, 0.1) is 19.4 Å². The molecular formula is C15H19N3O4S2. The number of thiophene rings is 1. The van der Waals surface area contributed by atoms with Crippen molar-refractivity contribution >= 4 is 27.3 Å². The van der Waals surface area contributed by atoms with E-state index < -0.39 is 10.0 Å². The molecule has 0 unspecified atom stereocenters. The monoisotopic (exact) mass is 369 g/mol. The number of hydrogen-bond acceptors (Lipinski definition) is 6. The fourth-order valence-electron chi connectivity index (χ4n) is 2.52. The molecule has 0 radical (unpaired) electrons. The van der Waals surface area contributed by atoms with Gasteiger partial charge < -0.3 is 9.73 Å². The van der Waals surface area contributed by atoms with Crippen molar-refractivity contribution < 1.29 is 17.6 Å². The van der Waals surface area contributed by atoms with E-state index in [0.717, 1.165) is 0 Å². The van der Waals surface area contributed by atoms with Crippen molar-refractivity contribution in [2.24, 2.45) is 0 Å². The molecule has 0 aromatic carbocycles. The maximum Gasteiger partial charge on any atom is 0.252 e. The van der Waals surface area contributed by atoms with E-state index in [1.54, 1.807) is 35.9 Å². The molecule has 1 saturated heterocycles. The van der Waals surface area contributed by atoms with Crippen molar-refractivity contribution in [1.82, 2.24) is 14.5 Å². The molecule has 24 heavy (non-hydrogen) atoms. The molecule has 0 spiro atoms. The van der Waals surface area contributed by atoms with Gasteiger partial charge in [-0.1, -0.05) is 6.07 Å². The highest BCUT2D eigenvalue weighted by atomic mass is 32.2. The van der Waals surface area contributed by atoms with Crippen molar-refractivity contribution in [1.29, 1.82) is 0 Å². The Morgan fingerprint density at radius 1 is 1.21 bits per heavy atom. The highest BCUT2D eigenvalue weighted by Crippen LogP contribution is 2.21. The molecule has 3 rings (SSSR count). The van der Waals surface area contributed by atoms with Gasteiger partial charge in [0.2, 0.25) is 5.91 Å². The van der Waals surface area contributed by atoms with E-state index >= 15 is 0 Å². The zero-order chi connectivity index (χ0) is 17.0. The first-order valence-electron chi connectivity index (χ1n) is 7.61. The predicted octanol–water partition coefficient (Wildman–Crippen LogP) is 0.964. The molecule has 0 saturated carbocycles. The van der Waals surface area contributed by atoms with Crippen LogP contribution in [0.25, 0.3) is 0 Å². The normalized spacial score (nSPS) is 17.0. The molecule has 1 amide bonds. The van der Waals surface area contributed by atoms with Crippen molar-refractivity contribution in [3.63, 3.8) is 0 Å². The second kappa shape index (κ2) is 7.47. The average Bonchev–Trinajstić information content (AvgIpc) is 3.27. The summed E-state index contributed by atoms with van der Waals surface area (Å²) in [6, 6.07) is 6.93. The SMILES string of the molecule is O=C(CN1CCN(S(=O)(=O)c2cccs2)CC1)NCc1ccco1. The second-order valence-corrected chi connectivity index (χ2v) is 8.58. The van der Waals surface area contributed by atoms with Crippen LogP contribution in [-0.2, 0) is 21.4 Å². The molecule has 0 aliphatic carbocycles. The van der Waals surface area contributed by atoms with Gasteiger partial charge in [-0.25, -0.2) is 8.42 Å². The zero-order valence-corrected chi connectivity index (χ0v) is 14.7. The molecule has 2 aromatic heterocycles. The molecule has 1 fully saturated rings. The Kier molecular flexibility index (Phi) is 5.34. The van der Waals surface area contributed by atoms with Gasteiger partial charge in [-0.3, -0.25) is 9.69 Å². The first-order chi connectivity index (χ1) is 11.6. The van der Waals surface area contributed by atoms with Crippen LogP contribution in [0.4, 0.5) is 0 Å². The molecule has 1 N–H and O–H groups in total. The Morgan fingerprint density at radius 2 is 2.00 bits per heavy atom. The Morgan fingerprint density at radius 3 is 2.62 bits per heavy atom.